The number of nitrogens with zero attached hydrogens (tertiary/aromatic N) is 4. The average molecular weight is 439 g/mol. The minimum absolute atomic E-state index is 0.274. The van der Waals surface area contributed by atoms with Crippen molar-refractivity contribution in [3.05, 3.63) is 92.6 Å². The van der Waals surface area contributed by atoms with Gasteiger partial charge in [-0.25, -0.2) is 14.2 Å². The Morgan fingerprint density at radius 2 is 1.73 bits per heavy atom. The Morgan fingerprint density at radius 3 is 2.47 bits per heavy atom. The third kappa shape index (κ3) is 3.40. The first-order valence-corrected chi connectivity index (χ1v) is 10.7. The largest absolute Gasteiger partial charge is 0.296 e. The predicted molar refractivity (Wildman–Crippen MR) is 122 cm³/mol. The average Bonchev–Trinajstić information content (AvgIpc) is 2.98. The summed E-state index contributed by atoms with van der Waals surface area (Å²) in [5, 5.41) is 0.906. The standard InChI is InChI=1S/C22H19ClN4O2S/c1-15-19(21(29)27(25(15)2)16-9-4-3-5-10-16)26-20(28)17-11-6-7-12-18(17)24-22(26)30-14-8-13-23/h3-13H,14H2,1-2H3. The van der Waals surface area contributed by atoms with Gasteiger partial charge in [-0.1, -0.05) is 59.8 Å². The molecule has 2 aromatic carbocycles. The Balaban J connectivity index is 2.04. The minimum Gasteiger partial charge on any atom is -0.283 e. The van der Waals surface area contributed by atoms with E-state index < -0.39 is 0 Å². The number of halogens is 1. The van der Waals surface area contributed by atoms with Gasteiger partial charge < -0.3 is 0 Å². The fourth-order valence-corrected chi connectivity index (χ4v) is 4.38. The second-order valence-electron chi connectivity index (χ2n) is 6.63. The monoisotopic (exact) mass is 438 g/mol. The molecule has 0 saturated carbocycles. The molecule has 0 spiro atoms. The van der Waals surface area contributed by atoms with Crippen LogP contribution in [0.3, 0.4) is 0 Å². The van der Waals surface area contributed by atoms with Crippen LogP contribution in [0.4, 0.5) is 0 Å². The molecule has 0 bridgehead atoms. The van der Waals surface area contributed by atoms with Crippen LogP contribution < -0.4 is 11.1 Å². The quantitative estimate of drug-likeness (QED) is 0.348. The van der Waals surface area contributed by atoms with Gasteiger partial charge in [0, 0.05) is 18.3 Å². The molecule has 0 atom stereocenters. The zero-order chi connectivity index (χ0) is 21.3. The lowest BCUT2D eigenvalue weighted by Crippen LogP contribution is -2.28. The van der Waals surface area contributed by atoms with Crippen LogP contribution in [0.25, 0.3) is 22.3 Å². The van der Waals surface area contributed by atoms with Gasteiger partial charge in [-0.05, 0) is 31.2 Å². The molecule has 6 nitrogen and oxygen atoms in total. The first-order valence-electron chi connectivity index (χ1n) is 9.28. The molecular weight excluding hydrogens is 420 g/mol. The maximum atomic E-state index is 13.5. The number of thioether (sulfide) groups is 1. The van der Waals surface area contributed by atoms with Gasteiger partial charge in [-0.2, -0.15) is 0 Å². The molecule has 0 aliphatic carbocycles. The summed E-state index contributed by atoms with van der Waals surface area (Å²) in [4.78, 5) is 31.6. The molecule has 4 aromatic rings. The summed E-state index contributed by atoms with van der Waals surface area (Å²) in [6.07, 6.45) is 1.76. The van der Waals surface area contributed by atoms with Crippen molar-refractivity contribution >= 4 is 34.3 Å². The van der Waals surface area contributed by atoms with E-state index in [4.69, 9.17) is 11.6 Å². The second-order valence-corrected chi connectivity index (χ2v) is 7.87. The van der Waals surface area contributed by atoms with Crippen LogP contribution >= 0.6 is 23.4 Å². The first kappa shape index (κ1) is 20.3. The molecule has 0 aliphatic heterocycles. The van der Waals surface area contributed by atoms with Crippen LogP contribution in [0.15, 0.2) is 81.0 Å². The maximum Gasteiger partial charge on any atom is 0.296 e. The Hall–Kier alpha value is -3.03. The Kier molecular flexibility index (Phi) is 5.65. The highest BCUT2D eigenvalue weighted by atomic mass is 35.5. The summed E-state index contributed by atoms with van der Waals surface area (Å²) in [5.41, 5.74) is 3.14. The van der Waals surface area contributed by atoms with E-state index in [-0.39, 0.29) is 11.1 Å². The van der Waals surface area contributed by atoms with Crippen molar-refractivity contribution in [1.29, 1.82) is 0 Å². The summed E-state index contributed by atoms with van der Waals surface area (Å²) in [7, 11) is 1.80. The summed E-state index contributed by atoms with van der Waals surface area (Å²) < 4.78 is 4.73. The zero-order valence-electron chi connectivity index (χ0n) is 16.4. The van der Waals surface area contributed by atoms with Crippen molar-refractivity contribution in [3.8, 4) is 11.4 Å². The van der Waals surface area contributed by atoms with Crippen LogP contribution in [-0.4, -0.2) is 24.7 Å². The lowest BCUT2D eigenvalue weighted by Gasteiger charge is -2.11. The molecular formula is C22H19ClN4O2S. The predicted octanol–water partition coefficient (Wildman–Crippen LogP) is 4.03. The van der Waals surface area contributed by atoms with Crippen molar-refractivity contribution < 1.29 is 0 Å². The Morgan fingerprint density at radius 1 is 1.03 bits per heavy atom. The number of aromatic nitrogens is 4. The summed E-state index contributed by atoms with van der Waals surface area (Å²) in [6, 6.07) is 16.5. The maximum absolute atomic E-state index is 13.5. The van der Waals surface area contributed by atoms with Gasteiger partial charge in [-0.3, -0.25) is 14.3 Å². The molecule has 2 aromatic heterocycles. The van der Waals surface area contributed by atoms with Crippen LogP contribution in [0.5, 0.6) is 0 Å². The van der Waals surface area contributed by atoms with Gasteiger partial charge in [0.2, 0.25) is 0 Å². The van der Waals surface area contributed by atoms with Gasteiger partial charge in [0.25, 0.3) is 11.1 Å². The van der Waals surface area contributed by atoms with Crippen LogP contribution in [-0.2, 0) is 7.05 Å². The van der Waals surface area contributed by atoms with Gasteiger partial charge >= 0.3 is 0 Å². The number of fused-ring (bicyclic) bond motifs is 1. The second kappa shape index (κ2) is 8.38. The van der Waals surface area contributed by atoms with Gasteiger partial charge in [0.05, 0.1) is 22.3 Å². The zero-order valence-corrected chi connectivity index (χ0v) is 18.0. The highest BCUT2D eigenvalue weighted by Gasteiger charge is 2.22. The van der Waals surface area contributed by atoms with Crippen molar-refractivity contribution in [2.45, 2.75) is 12.1 Å². The lowest BCUT2D eigenvalue weighted by atomic mass is 10.2. The Labute approximate surface area is 182 Å². The molecule has 0 radical (unpaired) electrons. The third-order valence-corrected chi connectivity index (χ3v) is 5.96. The molecule has 0 aliphatic rings. The molecule has 0 N–H and O–H groups in total. The lowest BCUT2D eigenvalue weighted by molar-refractivity contribution is 0.630. The highest BCUT2D eigenvalue weighted by Crippen LogP contribution is 2.22. The van der Waals surface area contributed by atoms with E-state index in [0.29, 0.717) is 33.2 Å². The topological polar surface area (TPSA) is 61.8 Å². The fourth-order valence-electron chi connectivity index (χ4n) is 3.38. The van der Waals surface area contributed by atoms with Crippen molar-refractivity contribution in [2.75, 3.05) is 5.75 Å². The van der Waals surface area contributed by atoms with E-state index in [9.17, 15) is 9.59 Å². The molecule has 30 heavy (non-hydrogen) atoms. The van der Waals surface area contributed by atoms with E-state index in [0.717, 1.165) is 5.69 Å². The number of rotatable bonds is 5. The van der Waals surface area contributed by atoms with Gasteiger partial charge in [0.1, 0.15) is 5.69 Å². The molecule has 0 unspecified atom stereocenters. The number of hydrogen-bond donors (Lipinski definition) is 0. The van der Waals surface area contributed by atoms with Crippen molar-refractivity contribution in [2.24, 2.45) is 7.05 Å². The number of hydrogen-bond acceptors (Lipinski definition) is 4. The Bertz CT molecular complexity index is 1370. The van der Waals surface area contributed by atoms with Crippen LogP contribution in [0.2, 0.25) is 0 Å². The van der Waals surface area contributed by atoms with E-state index in [1.54, 1.807) is 40.7 Å². The molecule has 152 valence electrons. The highest BCUT2D eigenvalue weighted by molar-refractivity contribution is 7.99. The molecule has 2 heterocycles. The van der Waals surface area contributed by atoms with E-state index in [1.165, 1.54) is 21.9 Å². The van der Waals surface area contributed by atoms with E-state index in [2.05, 4.69) is 4.98 Å². The van der Waals surface area contributed by atoms with E-state index >= 15 is 0 Å². The van der Waals surface area contributed by atoms with Crippen molar-refractivity contribution in [3.63, 3.8) is 0 Å². The SMILES string of the molecule is Cc1c(-n2c(SCC=CCl)nc3ccccc3c2=O)c(=O)n(-c2ccccc2)n1C. The minimum atomic E-state index is -0.282. The molecule has 0 fully saturated rings. The van der Waals surface area contributed by atoms with Crippen molar-refractivity contribution in [1.82, 2.24) is 18.9 Å². The number of para-hydroxylation sites is 2. The first-order chi connectivity index (χ1) is 14.5. The van der Waals surface area contributed by atoms with Crippen LogP contribution in [0.1, 0.15) is 5.69 Å². The fraction of sp³-hybridized carbons (Fsp3) is 0.136. The van der Waals surface area contributed by atoms with Gasteiger partial charge in [0.15, 0.2) is 5.16 Å². The third-order valence-electron chi connectivity index (χ3n) is 4.89. The normalized spacial score (nSPS) is 11.6. The molecule has 4 rings (SSSR count). The molecule has 0 amide bonds. The van der Waals surface area contributed by atoms with E-state index in [1.807, 2.05) is 43.3 Å². The summed E-state index contributed by atoms with van der Waals surface area (Å²) in [6.45, 7) is 1.82. The number of benzene rings is 2. The smallest absolute Gasteiger partial charge is 0.283 e. The molecule has 8 heteroatoms. The van der Waals surface area contributed by atoms with Crippen LogP contribution in [0, 0.1) is 6.92 Å². The summed E-state index contributed by atoms with van der Waals surface area (Å²) in [5.74, 6) is 0.521. The van der Waals surface area contributed by atoms with Gasteiger partial charge in [-0.15, -0.1) is 0 Å². The summed E-state index contributed by atoms with van der Waals surface area (Å²) >= 11 is 7.00. The molecule has 0 saturated heterocycles.